The Hall–Kier alpha value is -3.35. The van der Waals surface area contributed by atoms with Crippen LogP contribution in [0.15, 0.2) is 40.8 Å². The third kappa shape index (κ3) is 4.14. The second-order valence-electron chi connectivity index (χ2n) is 7.55. The first kappa shape index (κ1) is 19.4. The van der Waals surface area contributed by atoms with Crippen molar-refractivity contribution in [2.24, 2.45) is 0 Å². The van der Waals surface area contributed by atoms with Gasteiger partial charge in [0.2, 0.25) is 5.76 Å². The Kier molecular flexibility index (Phi) is 5.09. The van der Waals surface area contributed by atoms with Gasteiger partial charge in [0.05, 0.1) is 0 Å². The van der Waals surface area contributed by atoms with E-state index in [0.29, 0.717) is 11.1 Å². The molecule has 0 spiro atoms. The summed E-state index contributed by atoms with van der Waals surface area (Å²) in [6.45, 7) is 6.52. The second kappa shape index (κ2) is 7.34. The number of hydrogen-bond acceptors (Lipinski definition) is 5. The van der Waals surface area contributed by atoms with Crippen LogP contribution in [0.3, 0.4) is 0 Å². The summed E-state index contributed by atoms with van der Waals surface area (Å²) in [5.74, 6) is -1.45. The Balaban J connectivity index is 1.72. The fourth-order valence-corrected chi connectivity index (χ4v) is 2.88. The topological polar surface area (TPSA) is 97.6 Å². The highest BCUT2D eigenvalue weighted by atomic mass is 16.5. The van der Waals surface area contributed by atoms with Crippen LogP contribution in [0.25, 0.3) is 21.7 Å². The number of ether oxygens (including phenoxy) is 1. The van der Waals surface area contributed by atoms with Crippen LogP contribution < -0.4 is 10.6 Å². The SMILES string of the molecule is Cc1c(C(=O)OCC(=O)NC(=O)NC(C)(C)C)oc2c1ccc1ccccc12. The Labute approximate surface area is 162 Å². The first-order valence-corrected chi connectivity index (χ1v) is 8.86. The van der Waals surface area contributed by atoms with Gasteiger partial charge in [0.25, 0.3) is 5.91 Å². The molecule has 0 saturated heterocycles. The summed E-state index contributed by atoms with van der Waals surface area (Å²) in [5, 5.41) is 7.38. The summed E-state index contributed by atoms with van der Waals surface area (Å²) < 4.78 is 10.8. The van der Waals surface area contributed by atoms with Gasteiger partial charge >= 0.3 is 12.0 Å². The average molecular weight is 382 g/mol. The molecule has 0 atom stereocenters. The monoisotopic (exact) mass is 382 g/mol. The Morgan fingerprint density at radius 1 is 1.04 bits per heavy atom. The van der Waals surface area contributed by atoms with E-state index in [2.05, 4.69) is 10.6 Å². The lowest BCUT2D eigenvalue weighted by molar-refractivity contribution is -0.123. The van der Waals surface area contributed by atoms with Crippen LogP contribution in [0.2, 0.25) is 0 Å². The van der Waals surface area contributed by atoms with Crippen molar-refractivity contribution in [2.45, 2.75) is 33.2 Å². The van der Waals surface area contributed by atoms with E-state index in [9.17, 15) is 14.4 Å². The number of urea groups is 1. The molecule has 3 amide bonds. The van der Waals surface area contributed by atoms with E-state index in [-0.39, 0.29) is 5.76 Å². The van der Waals surface area contributed by atoms with Gasteiger partial charge in [-0.1, -0.05) is 36.4 Å². The number of hydrogen-bond donors (Lipinski definition) is 2. The van der Waals surface area contributed by atoms with Crippen LogP contribution >= 0.6 is 0 Å². The third-order valence-electron chi connectivity index (χ3n) is 4.09. The molecule has 3 aromatic rings. The lowest BCUT2D eigenvalue weighted by Crippen LogP contribution is -2.49. The first-order valence-electron chi connectivity index (χ1n) is 8.86. The number of fused-ring (bicyclic) bond motifs is 3. The van der Waals surface area contributed by atoms with Gasteiger partial charge in [-0.15, -0.1) is 0 Å². The largest absolute Gasteiger partial charge is 0.450 e. The van der Waals surface area contributed by atoms with Gasteiger partial charge in [0, 0.05) is 21.9 Å². The average Bonchev–Trinajstić information content (AvgIpc) is 2.95. The quantitative estimate of drug-likeness (QED) is 0.674. The van der Waals surface area contributed by atoms with Crippen molar-refractivity contribution < 1.29 is 23.5 Å². The number of furan rings is 1. The van der Waals surface area contributed by atoms with Gasteiger partial charge in [0.15, 0.2) is 6.61 Å². The highest BCUT2D eigenvalue weighted by Gasteiger charge is 2.22. The number of carbonyl (C=O) groups excluding carboxylic acids is 3. The fourth-order valence-electron chi connectivity index (χ4n) is 2.88. The van der Waals surface area contributed by atoms with Crippen molar-refractivity contribution in [1.82, 2.24) is 10.6 Å². The molecule has 0 unspecified atom stereocenters. The lowest BCUT2D eigenvalue weighted by Gasteiger charge is -2.20. The van der Waals surface area contributed by atoms with Crippen LogP contribution in [-0.4, -0.2) is 30.1 Å². The normalized spacial score (nSPS) is 11.4. The van der Waals surface area contributed by atoms with Gasteiger partial charge in [-0.2, -0.15) is 0 Å². The molecule has 7 heteroatoms. The number of imide groups is 1. The van der Waals surface area contributed by atoms with Gasteiger partial charge in [-0.3, -0.25) is 10.1 Å². The minimum atomic E-state index is -0.760. The molecule has 3 rings (SSSR count). The number of esters is 1. The van der Waals surface area contributed by atoms with Crippen molar-refractivity contribution in [3.8, 4) is 0 Å². The minimum absolute atomic E-state index is 0.0401. The van der Waals surface area contributed by atoms with E-state index in [0.717, 1.165) is 16.2 Å². The number of amides is 3. The highest BCUT2D eigenvalue weighted by Crippen LogP contribution is 2.31. The molecule has 1 aromatic heterocycles. The van der Waals surface area contributed by atoms with Crippen LogP contribution in [-0.2, 0) is 9.53 Å². The zero-order chi connectivity index (χ0) is 20.5. The Morgan fingerprint density at radius 3 is 2.46 bits per heavy atom. The zero-order valence-corrected chi connectivity index (χ0v) is 16.2. The van der Waals surface area contributed by atoms with Gasteiger partial charge in [-0.25, -0.2) is 9.59 Å². The maximum atomic E-state index is 12.4. The summed E-state index contributed by atoms with van der Waals surface area (Å²) in [6, 6.07) is 10.9. The molecule has 2 N–H and O–H groups in total. The smallest absolute Gasteiger partial charge is 0.375 e. The highest BCUT2D eigenvalue weighted by molar-refractivity contribution is 6.08. The van der Waals surface area contributed by atoms with Crippen molar-refractivity contribution in [2.75, 3.05) is 6.61 Å². The van der Waals surface area contributed by atoms with Crippen molar-refractivity contribution in [1.29, 1.82) is 0 Å². The number of nitrogens with one attached hydrogen (secondary N) is 2. The van der Waals surface area contributed by atoms with Gasteiger partial charge in [0.1, 0.15) is 5.58 Å². The summed E-state index contributed by atoms with van der Waals surface area (Å²) in [5.41, 5.74) is 0.739. The third-order valence-corrected chi connectivity index (χ3v) is 4.09. The molecule has 146 valence electrons. The summed E-state index contributed by atoms with van der Waals surface area (Å²) in [7, 11) is 0. The molecule has 0 bridgehead atoms. The van der Waals surface area contributed by atoms with Crippen LogP contribution in [0.1, 0.15) is 36.9 Å². The van der Waals surface area contributed by atoms with E-state index in [1.165, 1.54) is 0 Å². The molecule has 0 radical (unpaired) electrons. The Bertz CT molecular complexity index is 1080. The fraction of sp³-hybridized carbons (Fsp3) is 0.286. The summed E-state index contributed by atoms with van der Waals surface area (Å²) in [4.78, 5) is 35.9. The molecule has 2 aromatic carbocycles. The number of benzene rings is 2. The molecule has 0 aliphatic carbocycles. The zero-order valence-electron chi connectivity index (χ0n) is 16.2. The number of carbonyl (C=O) groups is 3. The maximum Gasteiger partial charge on any atom is 0.375 e. The molecule has 28 heavy (non-hydrogen) atoms. The first-order chi connectivity index (χ1) is 13.2. The van der Waals surface area contributed by atoms with E-state index < -0.39 is 30.1 Å². The predicted octanol–water partition coefficient (Wildman–Crippen LogP) is 3.68. The second-order valence-corrected chi connectivity index (χ2v) is 7.55. The maximum absolute atomic E-state index is 12.4. The molecule has 7 nitrogen and oxygen atoms in total. The molecular formula is C21H22N2O5. The predicted molar refractivity (Wildman–Crippen MR) is 105 cm³/mol. The van der Waals surface area contributed by atoms with Crippen molar-refractivity contribution in [3.05, 3.63) is 47.7 Å². The van der Waals surface area contributed by atoms with Crippen LogP contribution in [0.5, 0.6) is 0 Å². The molecule has 0 aliphatic heterocycles. The minimum Gasteiger partial charge on any atom is -0.450 e. The van der Waals surface area contributed by atoms with E-state index in [4.69, 9.17) is 9.15 Å². The number of rotatable bonds is 3. The standard InChI is InChI=1S/C21H22N2O5/c1-12-14-10-9-13-7-5-6-8-15(13)18(14)28-17(12)19(25)27-11-16(24)22-20(26)23-21(2,3)4/h5-10H,11H2,1-4H3,(H2,22,23,24,26). The molecule has 0 fully saturated rings. The summed E-state index contributed by atoms with van der Waals surface area (Å²) in [6.07, 6.45) is 0. The van der Waals surface area contributed by atoms with Crippen LogP contribution in [0, 0.1) is 6.92 Å². The van der Waals surface area contributed by atoms with Crippen molar-refractivity contribution >= 4 is 39.6 Å². The summed E-state index contributed by atoms with van der Waals surface area (Å²) >= 11 is 0. The Morgan fingerprint density at radius 2 is 1.75 bits per heavy atom. The molecule has 0 aliphatic rings. The van der Waals surface area contributed by atoms with Crippen molar-refractivity contribution in [3.63, 3.8) is 0 Å². The van der Waals surface area contributed by atoms with Crippen LogP contribution in [0.4, 0.5) is 4.79 Å². The van der Waals surface area contributed by atoms with E-state index in [1.807, 2.05) is 36.4 Å². The number of aryl methyl sites for hydroxylation is 1. The molecule has 0 saturated carbocycles. The van der Waals surface area contributed by atoms with E-state index >= 15 is 0 Å². The lowest BCUT2D eigenvalue weighted by atomic mass is 10.1. The molecular weight excluding hydrogens is 360 g/mol. The van der Waals surface area contributed by atoms with Gasteiger partial charge < -0.3 is 14.5 Å². The van der Waals surface area contributed by atoms with Gasteiger partial charge in [-0.05, 0) is 33.1 Å². The van der Waals surface area contributed by atoms with E-state index in [1.54, 1.807) is 27.7 Å². The molecule has 1 heterocycles.